The molecule has 41 heavy (non-hydrogen) atoms. The molecule has 5 aromatic rings. The Morgan fingerprint density at radius 2 is 1.71 bits per heavy atom. The minimum absolute atomic E-state index is 0.270. The second-order valence-corrected chi connectivity index (χ2v) is 10.6. The first-order valence-electron chi connectivity index (χ1n) is 13.5. The molecule has 0 atom stereocenters. The number of fused-ring (bicyclic) bond motifs is 1. The van der Waals surface area contributed by atoms with Crippen LogP contribution in [0.3, 0.4) is 0 Å². The number of likely N-dealkylation sites (N-methyl/N-ethyl adjacent to an activating group) is 1. The molecule has 0 fully saturated rings. The molecule has 3 aromatic heterocycles. The second kappa shape index (κ2) is 12.4. The van der Waals surface area contributed by atoms with Crippen molar-refractivity contribution in [2.45, 2.75) is 20.4 Å². The molecule has 5 rings (SSSR count). The third-order valence-corrected chi connectivity index (χ3v) is 7.11. The first-order valence-corrected chi connectivity index (χ1v) is 13.8. The van der Waals surface area contributed by atoms with Crippen molar-refractivity contribution in [2.24, 2.45) is 0 Å². The number of pyridine rings is 2. The summed E-state index contributed by atoms with van der Waals surface area (Å²) in [7, 11) is 2.02. The lowest BCUT2D eigenvalue weighted by atomic mass is 10.0. The molecule has 0 saturated carbocycles. The van der Waals surface area contributed by atoms with E-state index in [0.29, 0.717) is 22.8 Å². The van der Waals surface area contributed by atoms with Gasteiger partial charge in [0.25, 0.3) is 11.7 Å². The van der Waals surface area contributed by atoms with E-state index in [0.717, 1.165) is 41.2 Å². The highest BCUT2D eigenvalue weighted by atomic mass is 35.5. The Labute approximate surface area is 244 Å². The average Bonchev–Trinajstić information content (AvgIpc) is 3.33. The Bertz CT molecular complexity index is 1680. The maximum atomic E-state index is 13.5. The Kier molecular flexibility index (Phi) is 8.47. The molecule has 8 heteroatoms. The van der Waals surface area contributed by atoms with E-state index in [4.69, 9.17) is 11.6 Å². The quantitative estimate of drug-likeness (QED) is 0.118. The van der Waals surface area contributed by atoms with Gasteiger partial charge in [-0.3, -0.25) is 14.6 Å². The minimum atomic E-state index is -0.715. The molecule has 0 saturated heterocycles. The van der Waals surface area contributed by atoms with Gasteiger partial charge in [0, 0.05) is 61.0 Å². The molecular weight excluding hydrogens is 534 g/mol. The van der Waals surface area contributed by atoms with Crippen molar-refractivity contribution in [3.63, 3.8) is 0 Å². The molecular formula is C33H32ClN5O2. The summed E-state index contributed by atoms with van der Waals surface area (Å²) in [5.41, 5.74) is 7.37. The highest BCUT2D eigenvalue weighted by Crippen LogP contribution is 2.29. The van der Waals surface area contributed by atoms with Crippen LogP contribution in [0.25, 0.3) is 16.6 Å². The molecule has 2 aromatic carbocycles. The van der Waals surface area contributed by atoms with Crippen molar-refractivity contribution in [3.8, 4) is 11.1 Å². The molecule has 0 aliphatic rings. The molecule has 0 spiro atoms. The van der Waals surface area contributed by atoms with Gasteiger partial charge in [-0.05, 0) is 79.6 Å². The zero-order chi connectivity index (χ0) is 28.9. The summed E-state index contributed by atoms with van der Waals surface area (Å²) < 4.78 is 1.68. The van der Waals surface area contributed by atoms with Crippen LogP contribution >= 0.6 is 11.6 Å². The minimum Gasteiger partial charge on any atom is -0.373 e. The highest BCUT2D eigenvalue weighted by molar-refractivity contribution is 6.47. The lowest BCUT2D eigenvalue weighted by Crippen LogP contribution is -2.29. The van der Waals surface area contributed by atoms with Gasteiger partial charge >= 0.3 is 0 Å². The summed E-state index contributed by atoms with van der Waals surface area (Å²) in [6.07, 6.45) is 1.65. The number of benzene rings is 2. The second-order valence-electron chi connectivity index (χ2n) is 10.1. The van der Waals surface area contributed by atoms with Gasteiger partial charge in [-0.2, -0.15) is 0 Å². The number of amides is 1. The zero-order valence-corrected chi connectivity index (χ0v) is 24.1. The Morgan fingerprint density at radius 3 is 2.44 bits per heavy atom. The number of Topliss-reactive ketones (excluding diaryl/α,β-unsaturated/α-hetero) is 1. The molecule has 0 aliphatic carbocycles. The zero-order valence-electron chi connectivity index (χ0n) is 23.3. The number of carbonyl (C=O) groups is 2. The third-order valence-electron chi connectivity index (χ3n) is 6.89. The van der Waals surface area contributed by atoms with Crippen LogP contribution in [0.5, 0.6) is 0 Å². The van der Waals surface area contributed by atoms with E-state index in [1.807, 2.05) is 68.6 Å². The van der Waals surface area contributed by atoms with Gasteiger partial charge in [-0.25, -0.2) is 0 Å². The topological polar surface area (TPSA) is 78.7 Å². The number of hydrogen-bond donors (Lipinski definition) is 2. The summed E-state index contributed by atoms with van der Waals surface area (Å²) in [5.74, 6) is -1.36. The number of aromatic nitrogens is 2. The summed E-state index contributed by atoms with van der Waals surface area (Å²) in [4.78, 5) is 33.3. The van der Waals surface area contributed by atoms with E-state index >= 15 is 0 Å². The first kappa shape index (κ1) is 28.1. The number of nitrogens with zero attached hydrogens (tertiary/aromatic N) is 3. The highest BCUT2D eigenvalue weighted by Gasteiger charge is 2.25. The molecule has 3 heterocycles. The average molecular weight is 566 g/mol. The van der Waals surface area contributed by atoms with Crippen LogP contribution in [-0.2, 0) is 11.3 Å². The molecule has 0 aliphatic heterocycles. The number of rotatable bonds is 10. The summed E-state index contributed by atoms with van der Waals surface area (Å²) in [5, 5.41) is 6.68. The fraction of sp³-hybridized carbons (Fsp3) is 0.182. The Balaban J connectivity index is 1.23. The van der Waals surface area contributed by atoms with Crippen molar-refractivity contribution >= 4 is 40.2 Å². The van der Waals surface area contributed by atoms with Gasteiger partial charge in [0.1, 0.15) is 5.69 Å². The van der Waals surface area contributed by atoms with Crippen LogP contribution in [0.1, 0.15) is 27.4 Å². The SMILES string of the molecule is Cc1cc(C)nc(CNCCN(C)c2ccc(NC(=O)C(=O)c3c(-c4ccccc4)cc4ccc(Cl)cn34)cc2)c1. The lowest BCUT2D eigenvalue weighted by molar-refractivity contribution is -0.112. The number of anilines is 2. The van der Waals surface area contributed by atoms with Crippen LogP contribution in [0.15, 0.2) is 91.1 Å². The van der Waals surface area contributed by atoms with Crippen LogP contribution < -0.4 is 15.5 Å². The van der Waals surface area contributed by atoms with Crippen molar-refractivity contribution in [1.82, 2.24) is 14.7 Å². The molecule has 1 amide bonds. The van der Waals surface area contributed by atoms with Crippen LogP contribution in [-0.4, -0.2) is 41.2 Å². The fourth-order valence-electron chi connectivity index (χ4n) is 4.92. The predicted molar refractivity (Wildman–Crippen MR) is 166 cm³/mol. The number of nitrogens with one attached hydrogen (secondary N) is 2. The van der Waals surface area contributed by atoms with Crippen molar-refractivity contribution in [2.75, 3.05) is 30.4 Å². The van der Waals surface area contributed by atoms with Gasteiger partial charge in [0.2, 0.25) is 0 Å². The maximum absolute atomic E-state index is 13.5. The number of carbonyl (C=O) groups excluding carboxylic acids is 2. The number of hydrogen-bond acceptors (Lipinski definition) is 5. The van der Waals surface area contributed by atoms with Crippen molar-refractivity contribution in [1.29, 1.82) is 0 Å². The summed E-state index contributed by atoms with van der Waals surface area (Å²) in [6, 6.07) is 26.6. The molecule has 0 bridgehead atoms. The normalized spacial score (nSPS) is 11.0. The van der Waals surface area contributed by atoms with Crippen LogP contribution in [0.2, 0.25) is 5.02 Å². The van der Waals surface area contributed by atoms with Gasteiger partial charge in [-0.15, -0.1) is 0 Å². The largest absolute Gasteiger partial charge is 0.373 e. The van der Waals surface area contributed by atoms with E-state index in [9.17, 15) is 9.59 Å². The monoisotopic (exact) mass is 565 g/mol. The van der Waals surface area contributed by atoms with Gasteiger partial charge < -0.3 is 19.9 Å². The van der Waals surface area contributed by atoms with Crippen LogP contribution in [0, 0.1) is 13.8 Å². The predicted octanol–water partition coefficient (Wildman–Crippen LogP) is 6.32. The molecule has 208 valence electrons. The Hall–Kier alpha value is -4.46. The first-order chi connectivity index (χ1) is 19.8. The van der Waals surface area contributed by atoms with E-state index in [1.54, 1.807) is 28.8 Å². The number of ketones is 1. The number of aryl methyl sites for hydroxylation is 2. The van der Waals surface area contributed by atoms with Crippen molar-refractivity contribution in [3.05, 3.63) is 119 Å². The lowest BCUT2D eigenvalue weighted by Gasteiger charge is -2.20. The fourth-order valence-corrected chi connectivity index (χ4v) is 5.08. The van der Waals surface area contributed by atoms with Crippen LogP contribution in [0.4, 0.5) is 11.4 Å². The summed E-state index contributed by atoms with van der Waals surface area (Å²) in [6.45, 7) is 6.38. The van der Waals surface area contributed by atoms with Gasteiger partial charge in [0.05, 0.1) is 10.7 Å². The van der Waals surface area contributed by atoms with Gasteiger partial charge in [-0.1, -0.05) is 41.9 Å². The van der Waals surface area contributed by atoms with E-state index in [-0.39, 0.29) is 5.69 Å². The van der Waals surface area contributed by atoms with E-state index < -0.39 is 11.7 Å². The summed E-state index contributed by atoms with van der Waals surface area (Å²) >= 11 is 6.24. The molecule has 0 unspecified atom stereocenters. The molecule has 7 nitrogen and oxygen atoms in total. The molecule has 2 N–H and O–H groups in total. The third kappa shape index (κ3) is 6.65. The smallest absolute Gasteiger partial charge is 0.298 e. The molecule has 0 radical (unpaired) electrons. The standard InChI is InChI=1S/C33H32ClN5O2/c1-22-17-23(2)36-27(18-22)20-35-15-16-38(3)28-13-10-26(11-14-28)37-33(41)32(40)31-30(24-7-5-4-6-8-24)19-29-12-9-25(34)21-39(29)31/h4-14,17-19,21,35H,15-16,20H2,1-3H3,(H,37,41). The van der Waals surface area contributed by atoms with E-state index in [2.05, 4.69) is 39.6 Å². The Morgan fingerprint density at radius 1 is 0.951 bits per heavy atom. The number of halogens is 1. The van der Waals surface area contributed by atoms with E-state index in [1.165, 1.54) is 5.56 Å². The van der Waals surface area contributed by atoms with Crippen molar-refractivity contribution < 1.29 is 9.59 Å². The maximum Gasteiger partial charge on any atom is 0.298 e. The van der Waals surface area contributed by atoms with Gasteiger partial charge in [0.15, 0.2) is 0 Å².